The van der Waals surface area contributed by atoms with Crippen molar-refractivity contribution in [2.45, 2.75) is 6.54 Å². The number of thiazole rings is 1. The molecule has 5 aromatic rings. The number of rotatable bonds is 5. The fourth-order valence-electron chi connectivity index (χ4n) is 3.34. The Bertz CT molecular complexity index is 1270. The monoisotopic (exact) mass is 415 g/mol. The molecule has 5 rings (SSSR count). The van der Waals surface area contributed by atoms with Crippen molar-refractivity contribution in [2.75, 3.05) is 5.32 Å². The summed E-state index contributed by atoms with van der Waals surface area (Å²) in [5.74, 6) is -0.140. The third-order valence-electron chi connectivity index (χ3n) is 4.73. The summed E-state index contributed by atoms with van der Waals surface area (Å²) in [4.78, 5) is 17.7. The van der Waals surface area contributed by atoms with E-state index in [-0.39, 0.29) is 5.91 Å². The molecule has 1 N–H and O–H groups in total. The summed E-state index contributed by atoms with van der Waals surface area (Å²) in [6.45, 7) is 0.650. The molecule has 0 radical (unpaired) electrons. The molecule has 0 saturated heterocycles. The Kier molecular flexibility index (Phi) is 4.71. The zero-order valence-corrected chi connectivity index (χ0v) is 17.0. The van der Waals surface area contributed by atoms with Gasteiger partial charge in [-0.15, -0.1) is 22.7 Å². The molecule has 0 fully saturated rings. The highest BCUT2D eigenvalue weighted by Crippen LogP contribution is 2.28. The van der Waals surface area contributed by atoms with Gasteiger partial charge in [0.15, 0.2) is 5.13 Å². The molecular formula is C23H17N3OS2. The summed E-state index contributed by atoms with van der Waals surface area (Å²) in [5, 5.41) is 7.60. The first kappa shape index (κ1) is 17.8. The number of amides is 1. The summed E-state index contributed by atoms with van der Waals surface area (Å²) < 4.78 is 3.18. The van der Waals surface area contributed by atoms with E-state index in [0.717, 1.165) is 27.0 Å². The van der Waals surface area contributed by atoms with Crippen LogP contribution < -0.4 is 5.32 Å². The lowest BCUT2D eigenvalue weighted by atomic mass is 10.2. The van der Waals surface area contributed by atoms with Crippen LogP contribution in [0, 0.1) is 0 Å². The lowest BCUT2D eigenvalue weighted by molar-refractivity contribution is 0.101. The Labute approximate surface area is 176 Å². The van der Waals surface area contributed by atoms with E-state index in [0.29, 0.717) is 17.4 Å². The maximum atomic E-state index is 13.1. The van der Waals surface area contributed by atoms with Gasteiger partial charge in [0.05, 0.1) is 15.9 Å². The Morgan fingerprint density at radius 2 is 1.72 bits per heavy atom. The van der Waals surface area contributed by atoms with Gasteiger partial charge < -0.3 is 4.57 Å². The van der Waals surface area contributed by atoms with Crippen molar-refractivity contribution in [3.63, 3.8) is 0 Å². The smallest absolute Gasteiger partial charge is 0.274 e. The van der Waals surface area contributed by atoms with Crippen molar-refractivity contribution < 1.29 is 4.79 Å². The molecule has 0 saturated carbocycles. The SMILES string of the molecule is O=C(Nc1nc(-c2ccccc2)cs1)c1cc2sccc2n1Cc1ccccc1. The molecule has 0 aliphatic carbocycles. The first-order chi connectivity index (χ1) is 14.3. The highest BCUT2D eigenvalue weighted by atomic mass is 32.1. The number of fused-ring (bicyclic) bond motifs is 1. The van der Waals surface area contributed by atoms with Crippen LogP contribution in [-0.2, 0) is 6.54 Å². The Hall–Kier alpha value is -3.22. The molecule has 0 atom stereocenters. The fourth-order valence-corrected chi connectivity index (χ4v) is 4.87. The van der Waals surface area contributed by atoms with Gasteiger partial charge >= 0.3 is 0 Å². The minimum atomic E-state index is -0.140. The molecule has 0 bridgehead atoms. The summed E-state index contributed by atoms with van der Waals surface area (Å²) >= 11 is 3.08. The zero-order chi connectivity index (χ0) is 19.6. The predicted octanol–water partition coefficient (Wildman–Crippen LogP) is 6.13. The second-order valence-electron chi connectivity index (χ2n) is 6.63. The maximum Gasteiger partial charge on any atom is 0.274 e. The number of carbonyl (C=O) groups is 1. The zero-order valence-electron chi connectivity index (χ0n) is 15.4. The minimum absolute atomic E-state index is 0.140. The topological polar surface area (TPSA) is 46.9 Å². The molecule has 2 aromatic carbocycles. The molecule has 3 aromatic heterocycles. The molecule has 4 nitrogen and oxygen atoms in total. The van der Waals surface area contributed by atoms with Crippen LogP contribution in [0.4, 0.5) is 5.13 Å². The molecule has 0 unspecified atom stereocenters. The number of anilines is 1. The van der Waals surface area contributed by atoms with Gasteiger partial charge in [0, 0.05) is 17.5 Å². The van der Waals surface area contributed by atoms with Crippen molar-refractivity contribution in [1.29, 1.82) is 0 Å². The number of nitrogens with one attached hydrogen (secondary N) is 1. The van der Waals surface area contributed by atoms with Crippen molar-refractivity contribution >= 4 is 43.9 Å². The van der Waals surface area contributed by atoms with E-state index in [2.05, 4.69) is 38.4 Å². The van der Waals surface area contributed by atoms with Crippen LogP contribution in [0.2, 0.25) is 0 Å². The first-order valence-electron chi connectivity index (χ1n) is 9.21. The molecule has 0 aliphatic rings. The first-order valence-corrected chi connectivity index (χ1v) is 11.0. The second-order valence-corrected chi connectivity index (χ2v) is 8.44. The van der Waals surface area contributed by atoms with Crippen LogP contribution in [-0.4, -0.2) is 15.5 Å². The van der Waals surface area contributed by atoms with Gasteiger partial charge in [-0.05, 0) is 23.1 Å². The van der Waals surface area contributed by atoms with E-state index in [1.807, 2.05) is 60.0 Å². The van der Waals surface area contributed by atoms with Gasteiger partial charge in [0.1, 0.15) is 5.69 Å². The highest BCUT2D eigenvalue weighted by Gasteiger charge is 2.18. The van der Waals surface area contributed by atoms with Crippen LogP contribution in [0.3, 0.4) is 0 Å². The van der Waals surface area contributed by atoms with Crippen molar-refractivity contribution in [3.8, 4) is 11.3 Å². The fraction of sp³-hybridized carbons (Fsp3) is 0.0435. The van der Waals surface area contributed by atoms with Crippen LogP contribution >= 0.6 is 22.7 Å². The minimum Gasteiger partial charge on any atom is -0.331 e. The molecule has 6 heteroatoms. The summed E-state index contributed by atoms with van der Waals surface area (Å²) in [6, 6.07) is 24.2. The molecule has 0 aliphatic heterocycles. The van der Waals surface area contributed by atoms with E-state index in [9.17, 15) is 4.79 Å². The molecular weight excluding hydrogens is 398 g/mol. The van der Waals surface area contributed by atoms with Crippen LogP contribution in [0.1, 0.15) is 16.1 Å². The number of thiophene rings is 1. The summed E-state index contributed by atoms with van der Waals surface area (Å²) in [5.41, 5.74) is 4.79. The Morgan fingerprint density at radius 1 is 0.966 bits per heavy atom. The van der Waals surface area contributed by atoms with Gasteiger partial charge in [0.25, 0.3) is 5.91 Å². The largest absolute Gasteiger partial charge is 0.331 e. The average Bonchev–Trinajstić information content (AvgIpc) is 3.47. The molecule has 0 spiro atoms. The van der Waals surface area contributed by atoms with Gasteiger partial charge in [-0.25, -0.2) is 4.98 Å². The van der Waals surface area contributed by atoms with E-state index < -0.39 is 0 Å². The third kappa shape index (κ3) is 3.60. The van der Waals surface area contributed by atoms with Crippen molar-refractivity contribution in [1.82, 2.24) is 9.55 Å². The molecule has 142 valence electrons. The standard InChI is InChI=1S/C23H17N3OS2/c27-22(25-23-24-18(15-29-23)17-9-5-2-6-10-17)20-13-21-19(11-12-28-21)26(20)14-16-7-3-1-4-8-16/h1-13,15H,14H2,(H,24,25,27). The molecule has 3 heterocycles. The third-order valence-corrected chi connectivity index (χ3v) is 6.34. The number of carbonyl (C=O) groups excluding carboxylic acids is 1. The number of aromatic nitrogens is 2. The van der Waals surface area contributed by atoms with E-state index in [4.69, 9.17) is 0 Å². The predicted molar refractivity (Wildman–Crippen MR) is 121 cm³/mol. The second kappa shape index (κ2) is 7.66. The number of benzene rings is 2. The Morgan fingerprint density at radius 3 is 2.52 bits per heavy atom. The van der Waals surface area contributed by atoms with E-state index >= 15 is 0 Å². The van der Waals surface area contributed by atoms with Gasteiger partial charge in [-0.1, -0.05) is 60.7 Å². The Balaban J connectivity index is 1.43. The summed E-state index contributed by atoms with van der Waals surface area (Å²) in [7, 11) is 0. The average molecular weight is 416 g/mol. The van der Waals surface area contributed by atoms with Gasteiger partial charge in [-0.2, -0.15) is 0 Å². The lowest BCUT2D eigenvalue weighted by Crippen LogP contribution is -2.17. The van der Waals surface area contributed by atoms with Crippen molar-refractivity contribution in [2.24, 2.45) is 0 Å². The van der Waals surface area contributed by atoms with Crippen LogP contribution in [0.15, 0.2) is 83.6 Å². The van der Waals surface area contributed by atoms with E-state index in [1.165, 1.54) is 11.3 Å². The van der Waals surface area contributed by atoms with Crippen molar-refractivity contribution in [3.05, 3.63) is 94.8 Å². The van der Waals surface area contributed by atoms with Crippen LogP contribution in [0.25, 0.3) is 21.5 Å². The lowest BCUT2D eigenvalue weighted by Gasteiger charge is -2.10. The molecule has 29 heavy (non-hydrogen) atoms. The normalized spacial score (nSPS) is 11.0. The number of nitrogens with zero attached hydrogens (tertiary/aromatic N) is 2. The van der Waals surface area contributed by atoms with Gasteiger partial charge in [-0.3, -0.25) is 10.1 Å². The number of hydrogen-bond acceptors (Lipinski definition) is 4. The quantitative estimate of drug-likeness (QED) is 0.375. The van der Waals surface area contributed by atoms with Crippen LogP contribution in [0.5, 0.6) is 0 Å². The van der Waals surface area contributed by atoms with E-state index in [1.54, 1.807) is 11.3 Å². The maximum absolute atomic E-state index is 13.1. The number of hydrogen-bond donors (Lipinski definition) is 1. The molecule has 1 amide bonds. The summed E-state index contributed by atoms with van der Waals surface area (Å²) in [6.07, 6.45) is 0. The highest BCUT2D eigenvalue weighted by molar-refractivity contribution is 7.17. The van der Waals surface area contributed by atoms with Gasteiger partial charge in [0.2, 0.25) is 0 Å².